The lowest BCUT2D eigenvalue weighted by Gasteiger charge is -2.19. The van der Waals surface area contributed by atoms with Gasteiger partial charge in [0.15, 0.2) is 0 Å². The van der Waals surface area contributed by atoms with Gasteiger partial charge in [0.1, 0.15) is 6.04 Å². The molecule has 12 heteroatoms. The highest BCUT2D eigenvalue weighted by atomic mass is 35.5. The molecular formula is C19H25Cl2N5O5. The van der Waals surface area contributed by atoms with Gasteiger partial charge in [-0.05, 0) is 30.0 Å². The van der Waals surface area contributed by atoms with Gasteiger partial charge in [-0.3, -0.25) is 30.4 Å². The fourth-order valence-electron chi connectivity index (χ4n) is 2.38. The molecule has 0 heterocycles. The first-order valence-corrected chi connectivity index (χ1v) is 10.1. The van der Waals surface area contributed by atoms with E-state index < -0.39 is 41.7 Å². The van der Waals surface area contributed by atoms with Crippen molar-refractivity contribution in [1.29, 1.82) is 5.41 Å². The number of hydrogen-bond donors (Lipinski definition) is 6. The molecule has 0 bridgehead atoms. The highest BCUT2D eigenvalue weighted by Gasteiger charge is 2.25. The fourth-order valence-corrected chi connectivity index (χ4v) is 2.91. The van der Waals surface area contributed by atoms with Crippen LogP contribution < -0.4 is 21.7 Å². The smallest absolute Gasteiger partial charge is 0.326 e. The van der Waals surface area contributed by atoms with Crippen molar-refractivity contribution in [2.45, 2.75) is 45.2 Å². The Kier molecular flexibility index (Phi) is 10.4. The number of benzene rings is 1. The average Bonchev–Trinajstić information content (AvgIpc) is 2.66. The normalized spacial score (nSPS) is 12.6. The summed E-state index contributed by atoms with van der Waals surface area (Å²) in [5.74, 6) is -4.08. The van der Waals surface area contributed by atoms with Gasteiger partial charge < -0.3 is 16.2 Å². The highest BCUT2D eigenvalue weighted by molar-refractivity contribution is 6.36. The van der Waals surface area contributed by atoms with Crippen LogP contribution in [0.25, 0.3) is 0 Å². The fraction of sp³-hybridized carbons (Fsp3) is 0.421. The molecule has 0 radical (unpaired) electrons. The van der Waals surface area contributed by atoms with Crippen molar-refractivity contribution in [3.63, 3.8) is 0 Å². The van der Waals surface area contributed by atoms with Gasteiger partial charge in [-0.1, -0.05) is 43.1 Å². The monoisotopic (exact) mass is 473 g/mol. The number of hydrogen-bond acceptors (Lipinski definition) is 6. The topological polar surface area (TPSA) is 174 Å². The number of halogens is 2. The summed E-state index contributed by atoms with van der Waals surface area (Å²) >= 11 is 12.0. The van der Waals surface area contributed by atoms with Crippen LogP contribution in [0.4, 0.5) is 0 Å². The van der Waals surface area contributed by atoms with Gasteiger partial charge in [-0.2, -0.15) is 0 Å². The van der Waals surface area contributed by atoms with E-state index in [2.05, 4.69) is 16.0 Å². The number of nitrogens with two attached hydrogens (primary N) is 1. The van der Waals surface area contributed by atoms with Gasteiger partial charge in [0.2, 0.25) is 23.7 Å². The molecule has 0 fully saturated rings. The Morgan fingerprint density at radius 2 is 1.65 bits per heavy atom. The minimum absolute atomic E-state index is 0.192. The largest absolute Gasteiger partial charge is 0.480 e. The van der Waals surface area contributed by atoms with Gasteiger partial charge in [-0.25, -0.2) is 4.79 Å². The number of carbonyl (C=O) groups is 4. The van der Waals surface area contributed by atoms with Gasteiger partial charge in [0.05, 0.1) is 12.5 Å². The summed E-state index contributed by atoms with van der Waals surface area (Å²) in [6.07, 6.45) is -0.753. The van der Waals surface area contributed by atoms with Crippen molar-refractivity contribution in [1.82, 2.24) is 16.0 Å². The van der Waals surface area contributed by atoms with Crippen LogP contribution in [-0.2, 0) is 25.6 Å². The molecule has 1 rings (SSSR count). The maximum Gasteiger partial charge on any atom is 0.326 e. The van der Waals surface area contributed by atoms with E-state index in [-0.39, 0.29) is 35.2 Å². The molecule has 31 heavy (non-hydrogen) atoms. The summed E-state index contributed by atoms with van der Waals surface area (Å²) in [7, 11) is 0. The lowest BCUT2D eigenvalue weighted by Crippen LogP contribution is -2.50. The molecule has 3 amide bonds. The van der Waals surface area contributed by atoms with Crippen LogP contribution in [0, 0.1) is 11.3 Å². The molecular weight excluding hydrogens is 449 g/mol. The lowest BCUT2D eigenvalue weighted by atomic mass is 10.0. The predicted molar refractivity (Wildman–Crippen MR) is 116 cm³/mol. The maximum absolute atomic E-state index is 12.0. The number of carbonyl (C=O) groups excluding carboxylic acids is 3. The Labute approximate surface area is 189 Å². The minimum atomic E-state index is -1.32. The molecule has 0 aliphatic rings. The first-order valence-electron chi connectivity index (χ1n) is 9.32. The zero-order valence-corrected chi connectivity index (χ0v) is 18.5. The Morgan fingerprint density at radius 3 is 2.16 bits per heavy atom. The summed E-state index contributed by atoms with van der Waals surface area (Å²) in [4.78, 5) is 47.3. The van der Waals surface area contributed by atoms with Crippen molar-refractivity contribution in [2.75, 3.05) is 0 Å². The molecule has 170 valence electrons. The molecule has 1 aromatic rings. The van der Waals surface area contributed by atoms with Crippen LogP contribution in [0.15, 0.2) is 18.2 Å². The van der Waals surface area contributed by atoms with E-state index in [9.17, 15) is 24.3 Å². The van der Waals surface area contributed by atoms with E-state index in [4.69, 9.17) is 34.3 Å². The third kappa shape index (κ3) is 8.91. The summed E-state index contributed by atoms with van der Waals surface area (Å²) < 4.78 is 0. The Balaban J connectivity index is 2.53. The summed E-state index contributed by atoms with van der Waals surface area (Å²) in [5.41, 5.74) is 6.06. The summed E-state index contributed by atoms with van der Waals surface area (Å²) in [6.45, 7) is 3.43. The molecule has 7 N–H and O–H groups in total. The van der Waals surface area contributed by atoms with Crippen LogP contribution in [0.1, 0.15) is 32.3 Å². The first kappa shape index (κ1) is 26.3. The zero-order chi connectivity index (χ0) is 23.7. The number of nitrogens with one attached hydrogen (secondary N) is 4. The van der Waals surface area contributed by atoms with Gasteiger partial charge in [0, 0.05) is 16.5 Å². The molecule has 0 spiro atoms. The number of rotatable bonds is 9. The Bertz CT molecular complexity index is 842. The molecule has 0 saturated carbocycles. The van der Waals surface area contributed by atoms with Crippen molar-refractivity contribution < 1.29 is 24.3 Å². The second-order valence-corrected chi connectivity index (χ2v) is 7.87. The number of aliphatic carboxylic acids is 1. The van der Waals surface area contributed by atoms with E-state index >= 15 is 0 Å². The van der Waals surface area contributed by atoms with E-state index in [1.807, 2.05) is 0 Å². The third-order valence-electron chi connectivity index (χ3n) is 4.22. The zero-order valence-electron chi connectivity index (χ0n) is 17.0. The van der Waals surface area contributed by atoms with Crippen LogP contribution in [0.5, 0.6) is 0 Å². The first-order chi connectivity index (χ1) is 14.4. The van der Waals surface area contributed by atoms with Gasteiger partial charge in [-0.15, -0.1) is 0 Å². The van der Waals surface area contributed by atoms with Crippen LogP contribution in [0.2, 0.25) is 10.0 Å². The van der Waals surface area contributed by atoms with E-state index in [1.165, 1.54) is 0 Å². The second kappa shape index (κ2) is 12.2. The lowest BCUT2D eigenvalue weighted by molar-refractivity contribution is -0.142. The number of carboxylic acid groups (broad SMARTS) is 1. The van der Waals surface area contributed by atoms with Gasteiger partial charge in [0.25, 0.3) is 0 Å². The van der Waals surface area contributed by atoms with Crippen molar-refractivity contribution in [3.05, 3.63) is 33.8 Å². The molecule has 0 aliphatic carbocycles. The molecule has 2 atom stereocenters. The van der Waals surface area contributed by atoms with Crippen LogP contribution >= 0.6 is 23.2 Å². The Hall–Kier alpha value is -2.69. The van der Waals surface area contributed by atoms with Gasteiger partial charge >= 0.3 is 5.97 Å². The molecule has 0 saturated heterocycles. The highest BCUT2D eigenvalue weighted by Crippen LogP contribution is 2.24. The van der Waals surface area contributed by atoms with E-state index in [0.29, 0.717) is 5.56 Å². The predicted octanol–water partition coefficient (Wildman–Crippen LogP) is 1.04. The van der Waals surface area contributed by atoms with Crippen molar-refractivity contribution >= 4 is 52.9 Å². The molecule has 0 unspecified atom stereocenters. The average molecular weight is 474 g/mol. The Morgan fingerprint density at radius 1 is 1.10 bits per heavy atom. The van der Waals surface area contributed by atoms with E-state index in [1.54, 1.807) is 32.0 Å². The standard InChI is InChI=1S/C19H25Cl2N5O5/c1-9(2)16(22)17(29)24-13(18(30)31)6-7-14(27)25-19(23)26-15(28)8-10-11(20)4-3-5-12(10)21/h3-5,9,13,16H,6-8,22H2,1-2H3,(H,24,29)(H,30,31)(H3,23,25,26,27,28)/t13-,16+/m1/s1. The second-order valence-electron chi connectivity index (χ2n) is 7.06. The van der Waals surface area contributed by atoms with Crippen LogP contribution in [-0.4, -0.2) is 46.8 Å². The summed E-state index contributed by atoms with van der Waals surface area (Å²) in [6, 6.07) is 2.54. The number of amides is 3. The quantitative estimate of drug-likeness (QED) is 0.230. The molecule has 0 aliphatic heterocycles. The number of guanidine groups is 1. The molecule has 10 nitrogen and oxygen atoms in total. The minimum Gasteiger partial charge on any atom is -0.480 e. The molecule has 0 aromatic heterocycles. The van der Waals surface area contributed by atoms with Crippen molar-refractivity contribution in [2.24, 2.45) is 11.7 Å². The SMILES string of the molecule is CC(C)[C@H](N)C(=O)N[C@H](CCC(=O)NC(=N)NC(=O)Cc1c(Cl)cccc1Cl)C(=O)O. The van der Waals surface area contributed by atoms with E-state index in [0.717, 1.165) is 0 Å². The maximum atomic E-state index is 12.0. The number of carboxylic acids is 1. The molecule has 1 aromatic carbocycles. The van der Waals surface area contributed by atoms with Crippen LogP contribution in [0.3, 0.4) is 0 Å². The summed E-state index contributed by atoms with van der Waals surface area (Å²) in [5, 5.41) is 24.1. The third-order valence-corrected chi connectivity index (χ3v) is 4.93. The van der Waals surface area contributed by atoms with Crippen molar-refractivity contribution in [3.8, 4) is 0 Å².